The van der Waals surface area contributed by atoms with Gasteiger partial charge in [-0.15, -0.1) is 0 Å². The highest BCUT2D eigenvalue weighted by Crippen LogP contribution is 2.29. The lowest BCUT2D eigenvalue weighted by atomic mass is 10.3. The maximum atomic E-state index is 7.33. The van der Waals surface area contributed by atoms with E-state index >= 15 is 0 Å². The van der Waals surface area contributed by atoms with Crippen molar-refractivity contribution >= 4 is 5.84 Å². The van der Waals surface area contributed by atoms with E-state index in [0.717, 1.165) is 0 Å². The number of hydrogen-bond acceptors (Lipinski definition) is 4. The predicted octanol–water partition coefficient (Wildman–Crippen LogP) is 2.17. The molecule has 1 aromatic carbocycles. The standard InChI is InChI=1S/C13H13N3O2/c1-17-10-6-2-3-7-11(10)18-12-8-4-5-9(16-12)13(14)15/h2-8H,1H3,(H3,14,15). The molecule has 0 fully saturated rings. The Hall–Kier alpha value is -2.56. The number of rotatable bonds is 4. The van der Waals surface area contributed by atoms with Crippen LogP contribution < -0.4 is 15.2 Å². The molecule has 0 saturated carbocycles. The Morgan fingerprint density at radius 1 is 1.11 bits per heavy atom. The van der Waals surface area contributed by atoms with Crippen molar-refractivity contribution in [1.82, 2.24) is 4.98 Å². The fourth-order valence-electron chi connectivity index (χ4n) is 1.44. The molecule has 3 N–H and O–H groups in total. The molecule has 0 unspecified atom stereocenters. The molecule has 1 heterocycles. The zero-order chi connectivity index (χ0) is 13.0. The molecule has 0 aliphatic carbocycles. The number of para-hydroxylation sites is 2. The minimum atomic E-state index is -0.0968. The molecule has 0 bridgehead atoms. The normalized spacial score (nSPS) is 9.83. The summed E-state index contributed by atoms with van der Waals surface area (Å²) >= 11 is 0. The van der Waals surface area contributed by atoms with Gasteiger partial charge in [-0.05, 0) is 18.2 Å². The van der Waals surface area contributed by atoms with Crippen molar-refractivity contribution in [2.75, 3.05) is 7.11 Å². The molecule has 0 atom stereocenters. The van der Waals surface area contributed by atoms with Gasteiger partial charge in [0.2, 0.25) is 5.88 Å². The number of ether oxygens (including phenoxy) is 2. The van der Waals surface area contributed by atoms with Gasteiger partial charge in [-0.1, -0.05) is 18.2 Å². The number of nitrogen functional groups attached to an aromatic ring is 1. The lowest BCUT2D eigenvalue weighted by Gasteiger charge is -2.09. The van der Waals surface area contributed by atoms with E-state index in [4.69, 9.17) is 20.6 Å². The number of aromatic nitrogens is 1. The topological polar surface area (TPSA) is 81.2 Å². The van der Waals surface area contributed by atoms with E-state index in [1.165, 1.54) is 0 Å². The van der Waals surface area contributed by atoms with Gasteiger partial charge in [0.15, 0.2) is 11.5 Å². The van der Waals surface area contributed by atoms with Crippen LogP contribution in [0.4, 0.5) is 0 Å². The van der Waals surface area contributed by atoms with Gasteiger partial charge in [-0.25, -0.2) is 4.98 Å². The smallest absolute Gasteiger partial charge is 0.220 e. The van der Waals surface area contributed by atoms with Gasteiger partial charge in [0.1, 0.15) is 11.5 Å². The number of nitrogens with two attached hydrogens (primary N) is 1. The Morgan fingerprint density at radius 3 is 2.50 bits per heavy atom. The van der Waals surface area contributed by atoms with Crippen molar-refractivity contribution in [1.29, 1.82) is 5.41 Å². The largest absolute Gasteiger partial charge is 0.493 e. The van der Waals surface area contributed by atoms with Gasteiger partial charge in [-0.2, -0.15) is 0 Å². The van der Waals surface area contributed by atoms with Crippen molar-refractivity contribution < 1.29 is 9.47 Å². The van der Waals surface area contributed by atoms with Gasteiger partial charge in [-0.3, -0.25) is 5.41 Å². The van der Waals surface area contributed by atoms with Crippen LogP contribution in [0.1, 0.15) is 5.69 Å². The average molecular weight is 243 g/mol. The first-order valence-electron chi connectivity index (χ1n) is 5.33. The number of hydrogen-bond donors (Lipinski definition) is 2. The highest BCUT2D eigenvalue weighted by atomic mass is 16.5. The third-order valence-corrected chi connectivity index (χ3v) is 2.28. The summed E-state index contributed by atoms with van der Waals surface area (Å²) in [4.78, 5) is 4.12. The number of benzene rings is 1. The van der Waals surface area contributed by atoms with Crippen molar-refractivity contribution in [2.45, 2.75) is 0 Å². The van der Waals surface area contributed by atoms with Gasteiger partial charge in [0.25, 0.3) is 0 Å². The lowest BCUT2D eigenvalue weighted by molar-refractivity contribution is 0.374. The summed E-state index contributed by atoms with van der Waals surface area (Å²) < 4.78 is 10.8. The van der Waals surface area contributed by atoms with Crippen LogP contribution in [0.25, 0.3) is 0 Å². The molecule has 18 heavy (non-hydrogen) atoms. The average Bonchev–Trinajstić information content (AvgIpc) is 2.39. The number of nitrogens with zero attached hydrogens (tertiary/aromatic N) is 1. The molecule has 2 rings (SSSR count). The highest BCUT2D eigenvalue weighted by Gasteiger charge is 2.06. The molecule has 5 nitrogen and oxygen atoms in total. The molecule has 0 radical (unpaired) electrons. The van der Waals surface area contributed by atoms with Crippen LogP contribution in [0.5, 0.6) is 17.4 Å². The molecule has 0 amide bonds. The maximum Gasteiger partial charge on any atom is 0.220 e. The maximum absolute atomic E-state index is 7.33. The number of amidine groups is 1. The van der Waals surface area contributed by atoms with Crippen LogP contribution in [0.3, 0.4) is 0 Å². The minimum Gasteiger partial charge on any atom is -0.493 e. The summed E-state index contributed by atoms with van der Waals surface area (Å²) in [6, 6.07) is 12.3. The van der Waals surface area contributed by atoms with E-state index in [2.05, 4.69) is 4.98 Å². The predicted molar refractivity (Wildman–Crippen MR) is 68.3 cm³/mol. The van der Waals surface area contributed by atoms with Crippen LogP contribution in [0.2, 0.25) is 0 Å². The molecule has 5 heteroatoms. The molecule has 2 aromatic rings. The van der Waals surface area contributed by atoms with E-state index in [1.807, 2.05) is 12.1 Å². The SMILES string of the molecule is COc1ccccc1Oc1cccc(C(=N)N)n1. The zero-order valence-corrected chi connectivity index (χ0v) is 9.88. The van der Waals surface area contributed by atoms with E-state index in [0.29, 0.717) is 23.1 Å². The summed E-state index contributed by atoms with van der Waals surface area (Å²) in [5.41, 5.74) is 5.75. The molecule has 0 aliphatic rings. The Kier molecular flexibility index (Phi) is 3.43. The second-order valence-electron chi connectivity index (χ2n) is 3.53. The molecular weight excluding hydrogens is 230 g/mol. The third kappa shape index (κ3) is 2.57. The first-order chi connectivity index (χ1) is 8.70. The van der Waals surface area contributed by atoms with Crippen molar-refractivity contribution in [3.05, 3.63) is 48.2 Å². The van der Waals surface area contributed by atoms with Crippen molar-refractivity contribution in [3.63, 3.8) is 0 Å². The molecule has 0 aliphatic heterocycles. The summed E-state index contributed by atoms with van der Waals surface area (Å²) in [6.07, 6.45) is 0. The summed E-state index contributed by atoms with van der Waals surface area (Å²) in [6.45, 7) is 0. The molecular formula is C13H13N3O2. The first-order valence-corrected chi connectivity index (χ1v) is 5.33. The zero-order valence-electron chi connectivity index (χ0n) is 9.88. The first kappa shape index (κ1) is 11.9. The quantitative estimate of drug-likeness (QED) is 0.637. The van der Waals surface area contributed by atoms with Crippen molar-refractivity contribution in [2.24, 2.45) is 5.73 Å². The van der Waals surface area contributed by atoms with Crippen LogP contribution in [-0.2, 0) is 0 Å². The fourth-order valence-corrected chi connectivity index (χ4v) is 1.44. The van der Waals surface area contributed by atoms with Gasteiger partial charge < -0.3 is 15.2 Å². The Bertz CT molecular complexity index is 570. The van der Waals surface area contributed by atoms with Crippen LogP contribution in [0, 0.1) is 5.41 Å². The number of nitrogens with one attached hydrogen (secondary N) is 1. The van der Waals surface area contributed by atoms with E-state index in [-0.39, 0.29) is 5.84 Å². The highest BCUT2D eigenvalue weighted by molar-refractivity contribution is 5.93. The lowest BCUT2D eigenvalue weighted by Crippen LogP contribution is -2.13. The van der Waals surface area contributed by atoms with E-state index in [1.54, 1.807) is 37.4 Å². The Balaban J connectivity index is 2.28. The van der Waals surface area contributed by atoms with Crippen molar-refractivity contribution in [3.8, 4) is 17.4 Å². The Labute approximate surface area is 105 Å². The van der Waals surface area contributed by atoms with Gasteiger partial charge in [0.05, 0.1) is 7.11 Å². The number of pyridine rings is 1. The van der Waals surface area contributed by atoms with Crippen LogP contribution in [-0.4, -0.2) is 17.9 Å². The van der Waals surface area contributed by atoms with Crippen LogP contribution >= 0.6 is 0 Å². The van der Waals surface area contributed by atoms with E-state index < -0.39 is 0 Å². The molecule has 0 saturated heterocycles. The Morgan fingerprint density at radius 2 is 1.83 bits per heavy atom. The summed E-state index contributed by atoms with van der Waals surface area (Å²) in [5, 5.41) is 7.33. The minimum absolute atomic E-state index is 0.0968. The molecule has 92 valence electrons. The summed E-state index contributed by atoms with van der Waals surface area (Å²) in [7, 11) is 1.57. The number of methoxy groups -OCH3 is 1. The van der Waals surface area contributed by atoms with Gasteiger partial charge >= 0.3 is 0 Å². The molecule has 1 aromatic heterocycles. The van der Waals surface area contributed by atoms with Gasteiger partial charge in [0, 0.05) is 6.07 Å². The second kappa shape index (κ2) is 5.18. The summed E-state index contributed by atoms with van der Waals surface area (Å²) in [5.74, 6) is 1.45. The monoisotopic (exact) mass is 243 g/mol. The van der Waals surface area contributed by atoms with E-state index in [9.17, 15) is 0 Å². The third-order valence-electron chi connectivity index (χ3n) is 2.28. The molecule has 0 spiro atoms. The second-order valence-corrected chi connectivity index (χ2v) is 3.53. The fraction of sp³-hybridized carbons (Fsp3) is 0.0769. The van der Waals surface area contributed by atoms with Crippen LogP contribution in [0.15, 0.2) is 42.5 Å².